The van der Waals surface area contributed by atoms with Crippen LogP contribution in [0.25, 0.3) is 0 Å². The van der Waals surface area contributed by atoms with Gasteiger partial charge in [0.15, 0.2) is 0 Å². The molecule has 0 atom stereocenters. The standard InChI is InChI=1S/C22H17N3/c1-3-16-7-5-9-19(11-16)24-21-13-18(23)14-22(15-21)25-20-10-6-8-17(4-2)12-20/h1-2,5-15,24-25H,23H2. The molecule has 120 valence electrons. The van der Waals surface area contributed by atoms with E-state index in [0.717, 1.165) is 33.9 Å². The first-order valence-corrected chi connectivity index (χ1v) is 7.74. The van der Waals surface area contributed by atoms with Gasteiger partial charge in [0.1, 0.15) is 0 Å². The Labute approximate surface area is 147 Å². The summed E-state index contributed by atoms with van der Waals surface area (Å²) in [6.45, 7) is 0. The van der Waals surface area contributed by atoms with Crippen LogP contribution >= 0.6 is 0 Å². The molecule has 0 saturated heterocycles. The number of nitrogen functional groups attached to an aromatic ring is 1. The molecule has 0 fully saturated rings. The molecule has 0 radical (unpaired) electrons. The SMILES string of the molecule is C#Cc1cccc(Nc2cc(N)cc(Nc3cccc(C#C)c3)c2)c1. The zero-order valence-electron chi connectivity index (χ0n) is 13.6. The number of nitrogens with two attached hydrogens (primary N) is 1. The summed E-state index contributed by atoms with van der Waals surface area (Å²) in [6, 6.07) is 21.0. The molecular weight excluding hydrogens is 306 g/mol. The molecule has 0 saturated carbocycles. The lowest BCUT2D eigenvalue weighted by molar-refractivity contribution is 1.50. The second-order valence-electron chi connectivity index (χ2n) is 5.54. The molecule has 0 spiro atoms. The quantitative estimate of drug-likeness (QED) is 0.481. The van der Waals surface area contributed by atoms with E-state index >= 15 is 0 Å². The second kappa shape index (κ2) is 7.17. The monoisotopic (exact) mass is 323 g/mol. The Hall–Kier alpha value is -3.82. The van der Waals surface area contributed by atoms with E-state index in [9.17, 15) is 0 Å². The maximum Gasteiger partial charge on any atom is 0.0425 e. The van der Waals surface area contributed by atoms with E-state index in [4.69, 9.17) is 18.6 Å². The minimum Gasteiger partial charge on any atom is -0.399 e. The molecule has 0 heterocycles. The van der Waals surface area contributed by atoms with E-state index in [1.807, 2.05) is 66.7 Å². The van der Waals surface area contributed by atoms with Crippen molar-refractivity contribution in [2.45, 2.75) is 0 Å². The van der Waals surface area contributed by atoms with E-state index in [-0.39, 0.29) is 0 Å². The van der Waals surface area contributed by atoms with E-state index < -0.39 is 0 Å². The Morgan fingerprint density at radius 3 is 1.56 bits per heavy atom. The van der Waals surface area contributed by atoms with Gasteiger partial charge in [0.05, 0.1) is 0 Å². The summed E-state index contributed by atoms with van der Waals surface area (Å²) in [5.74, 6) is 5.25. The molecule has 3 rings (SSSR count). The van der Waals surface area contributed by atoms with Gasteiger partial charge in [0.25, 0.3) is 0 Å². The third-order valence-corrected chi connectivity index (χ3v) is 3.59. The van der Waals surface area contributed by atoms with Crippen molar-refractivity contribution in [2.75, 3.05) is 16.4 Å². The predicted molar refractivity (Wildman–Crippen MR) is 106 cm³/mol. The zero-order chi connectivity index (χ0) is 17.6. The van der Waals surface area contributed by atoms with Gasteiger partial charge in [-0.15, -0.1) is 12.8 Å². The van der Waals surface area contributed by atoms with Gasteiger partial charge in [-0.3, -0.25) is 0 Å². The number of anilines is 5. The molecule has 4 N–H and O–H groups in total. The van der Waals surface area contributed by atoms with Crippen LogP contribution in [0, 0.1) is 24.7 Å². The molecule has 0 aliphatic heterocycles. The van der Waals surface area contributed by atoms with Gasteiger partial charge in [-0.1, -0.05) is 24.0 Å². The summed E-state index contributed by atoms with van der Waals surface area (Å²) in [4.78, 5) is 0. The second-order valence-corrected chi connectivity index (χ2v) is 5.54. The highest BCUT2D eigenvalue weighted by molar-refractivity contribution is 5.74. The number of rotatable bonds is 4. The first-order chi connectivity index (χ1) is 12.2. The van der Waals surface area contributed by atoms with E-state index in [0.29, 0.717) is 5.69 Å². The fraction of sp³-hybridized carbons (Fsp3) is 0. The lowest BCUT2D eigenvalue weighted by Gasteiger charge is -2.12. The maximum atomic E-state index is 6.03. The first-order valence-electron chi connectivity index (χ1n) is 7.74. The lowest BCUT2D eigenvalue weighted by atomic mass is 10.1. The van der Waals surface area contributed by atoms with Gasteiger partial charge in [-0.05, 0) is 54.6 Å². The average molecular weight is 323 g/mol. The fourth-order valence-corrected chi connectivity index (χ4v) is 2.50. The van der Waals surface area contributed by atoms with Crippen LogP contribution in [0.5, 0.6) is 0 Å². The van der Waals surface area contributed by atoms with Gasteiger partial charge in [-0.25, -0.2) is 0 Å². The Bertz CT molecular complexity index is 913. The molecular formula is C22H17N3. The maximum absolute atomic E-state index is 6.03. The highest BCUT2D eigenvalue weighted by Crippen LogP contribution is 2.27. The molecule has 0 bridgehead atoms. The summed E-state index contributed by atoms with van der Waals surface area (Å²) >= 11 is 0. The Morgan fingerprint density at radius 1 is 0.640 bits per heavy atom. The highest BCUT2D eigenvalue weighted by Gasteiger charge is 2.02. The van der Waals surface area contributed by atoms with E-state index in [1.54, 1.807) is 0 Å². The Kier molecular flexibility index (Phi) is 4.60. The molecule has 0 aliphatic rings. The van der Waals surface area contributed by atoms with Crippen LogP contribution in [-0.2, 0) is 0 Å². The van der Waals surface area contributed by atoms with Crippen molar-refractivity contribution in [3.63, 3.8) is 0 Å². The van der Waals surface area contributed by atoms with Crippen LogP contribution in [0.2, 0.25) is 0 Å². The summed E-state index contributed by atoms with van der Waals surface area (Å²) in [6.07, 6.45) is 10.9. The third-order valence-electron chi connectivity index (χ3n) is 3.59. The van der Waals surface area contributed by atoms with E-state index in [1.165, 1.54) is 0 Å². The molecule has 0 amide bonds. The molecule has 3 aromatic carbocycles. The third kappa shape index (κ3) is 4.13. The highest BCUT2D eigenvalue weighted by atomic mass is 14.9. The Balaban J connectivity index is 1.85. The zero-order valence-corrected chi connectivity index (χ0v) is 13.6. The van der Waals surface area contributed by atoms with Crippen molar-refractivity contribution in [1.29, 1.82) is 0 Å². The average Bonchev–Trinajstić information content (AvgIpc) is 2.61. The normalized spacial score (nSPS) is 9.68. The molecule has 0 aliphatic carbocycles. The van der Waals surface area contributed by atoms with Crippen LogP contribution in [0.1, 0.15) is 11.1 Å². The number of nitrogens with one attached hydrogen (secondary N) is 2. The van der Waals surface area contributed by atoms with Gasteiger partial charge < -0.3 is 16.4 Å². The van der Waals surface area contributed by atoms with Crippen molar-refractivity contribution < 1.29 is 0 Å². The molecule has 3 aromatic rings. The minimum absolute atomic E-state index is 0.647. The van der Waals surface area contributed by atoms with Gasteiger partial charge in [0, 0.05) is 39.6 Å². The van der Waals surface area contributed by atoms with Crippen LogP contribution in [-0.4, -0.2) is 0 Å². The predicted octanol–water partition coefficient (Wildman–Crippen LogP) is 4.72. The fourth-order valence-electron chi connectivity index (χ4n) is 2.50. The lowest BCUT2D eigenvalue weighted by Crippen LogP contribution is -1.97. The van der Waals surface area contributed by atoms with Gasteiger partial charge in [-0.2, -0.15) is 0 Å². The smallest absolute Gasteiger partial charge is 0.0425 e. The molecule has 3 heteroatoms. The van der Waals surface area contributed by atoms with Crippen molar-refractivity contribution in [2.24, 2.45) is 0 Å². The molecule has 25 heavy (non-hydrogen) atoms. The minimum atomic E-state index is 0.647. The van der Waals surface area contributed by atoms with Gasteiger partial charge in [0.2, 0.25) is 0 Å². The van der Waals surface area contributed by atoms with Crippen molar-refractivity contribution in [3.05, 3.63) is 77.9 Å². The van der Waals surface area contributed by atoms with Crippen molar-refractivity contribution >= 4 is 28.4 Å². The molecule has 0 unspecified atom stereocenters. The van der Waals surface area contributed by atoms with Crippen molar-refractivity contribution in [1.82, 2.24) is 0 Å². The topological polar surface area (TPSA) is 50.1 Å². The first kappa shape index (κ1) is 16.1. The summed E-state index contributed by atoms with van der Waals surface area (Å²) in [5, 5.41) is 6.64. The Morgan fingerprint density at radius 2 is 1.12 bits per heavy atom. The van der Waals surface area contributed by atoms with Crippen LogP contribution < -0.4 is 16.4 Å². The molecule has 3 nitrogen and oxygen atoms in total. The number of hydrogen-bond donors (Lipinski definition) is 3. The summed E-state index contributed by atoms with van der Waals surface area (Å²) in [5.41, 5.74) is 11.9. The van der Waals surface area contributed by atoms with Gasteiger partial charge >= 0.3 is 0 Å². The van der Waals surface area contributed by atoms with Crippen LogP contribution in [0.4, 0.5) is 28.4 Å². The number of benzene rings is 3. The van der Waals surface area contributed by atoms with Crippen molar-refractivity contribution in [3.8, 4) is 24.7 Å². The largest absolute Gasteiger partial charge is 0.399 e. The summed E-state index contributed by atoms with van der Waals surface area (Å²) < 4.78 is 0. The number of hydrogen-bond acceptors (Lipinski definition) is 3. The van der Waals surface area contributed by atoms with Crippen LogP contribution in [0.15, 0.2) is 66.7 Å². The van der Waals surface area contributed by atoms with Crippen LogP contribution in [0.3, 0.4) is 0 Å². The molecule has 0 aromatic heterocycles. The number of terminal acetylenes is 2. The van der Waals surface area contributed by atoms with E-state index in [2.05, 4.69) is 22.5 Å². The summed E-state index contributed by atoms with van der Waals surface area (Å²) in [7, 11) is 0.